The van der Waals surface area contributed by atoms with Gasteiger partial charge in [-0.3, -0.25) is 0 Å². The van der Waals surface area contributed by atoms with Gasteiger partial charge in [-0.2, -0.15) is 0 Å². The lowest BCUT2D eigenvalue weighted by Crippen LogP contribution is -2.35. The first-order valence-electron chi connectivity index (χ1n) is 7.71. The molecule has 0 aromatic carbocycles. The monoisotopic (exact) mass is 348 g/mol. The highest BCUT2D eigenvalue weighted by Gasteiger charge is 2.31. The fourth-order valence-corrected chi connectivity index (χ4v) is 3.57. The summed E-state index contributed by atoms with van der Waals surface area (Å²) in [5.41, 5.74) is 1.58. The van der Waals surface area contributed by atoms with Gasteiger partial charge in [0.05, 0.1) is 17.9 Å². The SMILES string of the molecule is Cn1cccc1[C@@H]1CCCN1C(=O)Nc1ccc(S(C)(=O)=O)nc1. The van der Waals surface area contributed by atoms with Gasteiger partial charge in [-0.25, -0.2) is 18.2 Å². The largest absolute Gasteiger partial charge is 0.353 e. The van der Waals surface area contributed by atoms with Crippen LogP contribution < -0.4 is 5.32 Å². The van der Waals surface area contributed by atoms with Crippen LogP contribution in [0.5, 0.6) is 0 Å². The number of hydrogen-bond donors (Lipinski definition) is 1. The maximum atomic E-state index is 12.6. The maximum Gasteiger partial charge on any atom is 0.322 e. The Morgan fingerprint density at radius 3 is 2.71 bits per heavy atom. The molecule has 0 unspecified atom stereocenters. The van der Waals surface area contributed by atoms with E-state index in [1.54, 1.807) is 11.0 Å². The van der Waals surface area contributed by atoms with Crippen molar-refractivity contribution in [1.82, 2.24) is 14.5 Å². The van der Waals surface area contributed by atoms with Crippen molar-refractivity contribution in [2.45, 2.75) is 23.9 Å². The molecular formula is C16H20N4O3S. The normalized spacial score (nSPS) is 17.9. The summed E-state index contributed by atoms with van der Waals surface area (Å²) in [6.07, 6.45) is 6.31. The number of likely N-dealkylation sites (tertiary alicyclic amines) is 1. The molecule has 1 fully saturated rings. The lowest BCUT2D eigenvalue weighted by Gasteiger charge is -2.25. The third-order valence-electron chi connectivity index (χ3n) is 4.21. The third kappa shape index (κ3) is 3.28. The van der Waals surface area contributed by atoms with Crippen molar-refractivity contribution in [3.63, 3.8) is 0 Å². The zero-order valence-electron chi connectivity index (χ0n) is 13.6. The Morgan fingerprint density at radius 2 is 2.12 bits per heavy atom. The Bertz CT molecular complexity index is 842. The number of carbonyl (C=O) groups excluding carboxylic acids is 1. The topological polar surface area (TPSA) is 84.3 Å². The summed E-state index contributed by atoms with van der Waals surface area (Å²) in [7, 11) is -1.37. The molecule has 24 heavy (non-hydrogen) atoms. The first kappa shape index (κ1) is 16.5. The van der Waals surface area contributed by atoms with Gasteiger partial charge in [0.1, 0.15) is 0 Å². The van der Waals surface area contributed by atoms with Crippen LogP contribution in [0.3, 0.4) is 0 Å². The molecule has 8 heteroatoms. The molecule has 1 saturated heterocycles. The van der Waals surface area contributed by atoms with E-state index in [9.17, 15) is 13.2 Å². The Balaban J connectivity index is 1.73. The number of amides is 2. The first-order chi connectivity index (χ1) is 11.4. The van der Waals surface area contributed by atoms with Crippen LogP contribution in [-0.4, -0.2) is 41.7 Å². The number of urea groups is 1. The Hall–Kier alpha value is -2.35. The molecule has 0 bridgehead atoms. The number of nitrogens with one attached hydrogen (secondary N) is 1. The summed E-state index contributed by atoms with van der Waals surface area (Å²) in [6.45, 7) is 0.691. The second-order valence-electron chi connectivity index (χ2n) is 5.98. The minimum absolute atomic E-state index is 0.0108. The molecule has 1 aliphatic heterocycles. The number of sulfone groups is 1. The minimum atomic E-state index is -3.34. The van der Waals surface area contributed by atoms with Gasteiger partial charge in [-0.05, 0) is 37.1 Å². The van der Waals surface area contributed by atoms with Crippen molar-refractivity contribution >= 4 is 21.6 Å². The number of aryl methyl sites for hydroxylation is 1. The van der Waals surface area contributed by atoms with E-state index in [-0.39, 0.29) is 17.1 Å². The number of pyridine rings is 1. The second-order valence-corrected chi connectivity index (χ2v) is 7.95. The van der Waals surface area contributed by atoms with Gasteiger partial charge in [0.25, 0.3) is 0 Å². The standard InChI is InChI=1S/C16H20N4O3S/c1-19-9-3-5-13(19)14-6-4-10-20(14)16(21)18-12-7-8-15(17-11-12)24(2,22)23/h3,5,7-9,11,14H,4,6,10H2,1-2H3,(H,18,21)/t14-/m0/s1. The molecule has 1 aliphatic rings. The van der Waals surface area contributed by atoms with Gasteiger partial charge >= 0.3 is 6.03 Å². The predicted molar refractivity (Wildman–Crippen MR) is 90.5 cm³/mol. The smallest absolute Gasteiger partial charge is 0.322 e. The van der Waals surface area contributed by atoms with Crippen LogP contribution in [-0.2, 0) is 16.9 Å². The van der Waals surface area contributed by atoms with Crippen molar-refractivity contribution in [2.24, 2.45) is 7.05 Å². The fraction of sp³-hybridized carbons (Fsp3) is 0.375. The van der Waals surface area contributed by atoms with Crippen LogP contribution in [0.15, 0.2) is 41.7 Å². The number of aromatic nitrogens is 2. The summed E-state index contributed by atoms with van der Waals surface area (Å²) in [4.78, 5) is 18.3. The summed E-state index contributed by atoms with van der Waals surface area (Å²) >= 11 is 0. The molecule has 2 aromatic rings. The molecule has 3 heterocycles. The van der Waals surface area contributed by atoms with Gasteiger partial charge < -0.3 is 14.8 Å². The molecule has 0 spiro atoms. The van der Waals surface area contributed by atoms with Crippen molar-refractivity contribution in [3.05, 3.63) is 42.4 Å². The van der Waals surface area contributed by atoms with Crippen molar-refractivity contribution in [1.29, 1.82) is 0 Å². The third-order valence-corrected chi connectivity index (χ3v) is 5.21. The van der Waals surface area contributed by atoms with Gasteiger partial charge in [-0.15, -0.1) is 0 Å². The average molecular weight is 348 g/mol. The van der Waals surface area contributed by atoms with E-state index in [0.29, 0.717) is 12.2 Å². The molecule has 0 radical (unpaired) electrons. The molecule has 2 amide bonds. The quantitative estimate of drug-likeness (QED) is 0.921. The van der Waals surface area contributed by atoms with E-state index in [0.717, 1.165) is 24.8 Å². The van der Waals surface area contributed by atoms with Crippen LogP contribution >= 0.6 is 0 Å². The Kier molecular flexibility index (Phi) is 4.31. The molecular weight excluding hydrogens is 328 g/mol. The molecule has 128 valence electrons. The number of rotatable bonds is 3. The highest BCUT2D eigenvalue weighted by Crippen LogP contribution is 2.32. The van der Waals surface area contributed by atoms with Gasteiger partial charge in [0.2, 0.25) is 0 Å². The second kappa shape index (κ2) is 6.27. The average Bonchev–Trinajstić information content (AvgIpc) is 3.15. The molecule has 0 aliphatic carbocycles. The van der Waals surface area contributed by atoms with E-state index < -0.39 is 9.84 Å². The van der Waals surface area contributed by atoms with E-state index >= 15 is 0 Å². The van der Waals surface area contributed by atoms with Gasteiger partial charge in [0.15, 0.2) is 14.9 Å². The van der Waals surface area contributed by atoms with E-state index in [4.69, 9.17) is 0 Å². The van der Waals surface area contributed by atoms with Crippen LogP contribution in [0.4, 0.5) is 10.5 Å². The summed E-state index contributed by atoms with van der Waals surface area (Å²) in [5, 5.41) is 2.78. The minimum Gasteiger partial charge on any atom is -0.353 e. The lowest BCUT2D eigenvalue weighted by atomic mass is 10.1. The summed E-state index contributed by atoms with van der Waals surface area (Å²) in [6, 6.07) is 6.79. The summed E-state index contributed by atoms with van der Waals surface area (Å²) in [5.74, 6) is 0. The predicted octanol–water partition coefficient (Wildman–Crippen LogP) is 2.19. The van der Waals surface area contributed by atoms with Crippen molar-refractivity contribution < 1.29 is 13.2 Å². The molecule has 7 nitrogen and oxygen atoms in total. The first-order valence-corrected chi connectivity index (χ1v) is 9.60. The van der Waals surface area contributed by atoms with Gasteiger partial charge in [0, 0.05) is 31.7 Å². The van der Waals surface area contributed by atoms with Crippen LogP contribution in [0, 0.1) is 0 Å². The Labute approximate surface area is 141 Å². The highest BCUT2D eigenvalue weighted by atomic mass is 32.2. The lowest BCUT2D eigenvalue weighted by molar-refractivity contribution is 0.205. The van der Waals surface area contributed by atoms with Crippen LogP contribution in [0.2, 0.25) is 0 Å². The van der Waals surface area contributed by atoms with E-state index in [1.807, 2.05) is 29.9 Å². The van der Waals surface area contributed by atoms with Gasteiger partial charge in [-0.1, -0.05) is 0 Å². The van der Waals surface area contributed by atoms with E-state index in [1.165, 1.54) is 12.3 Å². The van der Waals surface area contributed by atoms with Crippen LogP contribution in [0.25, 0.3) is 0 Å². The number of carbonyl (C=O) groups is 1. The van der Waals surface area contributed by atoms with Crippen LogP contribution in [0.1, 0.15) is 24.6 Å². The Morgan fingerprint density at radius 1 is 1.33 bits per heavy atom. The van der Waals surface area contributed by atoms with Crippen molar-refractivity contribution in [2.75, 3.05) is 18.1 Å². The number of hydrogen-bond acceptors (Lipinski definition) is 4. The number of anilines is 1. The number of nitrogens with zero attached hydrogens (tertiary/aromatic N) is 3. The highest BCUT2D eigenvalue weighted by molar-refractivity contribution is 7.90. The van der Waals surface area contributed by atoms with Crippen molar-refractivity contribution in [3.8, 4) is 0 Å². The molecule has 2 aromatic heterocycles. The zero-order chi connectivity index (χ0) is 17.3. The maximum absolute atomic E-state index is 12.6. The van der Waals surface area contributed by atoms with E-state index in [2.05, 4.69) is 10.3 Å². The fourth-order valence-electron chi connectivity index (χ4n) is 3.01. The molecule has 0 saturated carbocycles. The molecule has 3 rings (SSSR count). The summed E-state index contributed by atoms with van der Waals surface area (Å²) < 4.78 is 24.9. The zero-order valence-corrected chi connectivity index (χ0v) is 14.5. The molecule has 1 atom stereocenters. The molecule has 1 N–H and O–H groups in total.